The van der Waals surface area contributed by atoms with Gasteiger partial charge in [-0.3, -0.25) is 4.79 Å². The second-order valence-electron chi connectivity index (χ2n) is 6.25. The zero-order valence-electron chi connectivity index (χ0n) is 12.4. The Balaban J connectivity index is 2.19. The molecule has 0 fully saturated rings. The first-order valence-electron chi connectivity index (χ1n) is 7.00. The molecule has 0 aliphatic heterocycles. The van der Waals surface area contributed by atoms with Gasteiger partial charge in [-0.2, -0.15) is 0 Å². The number of nitrogens with one attached hydrogen (secondary N) is 1. The highest BCUT2D eigenvalue weighted by Gasteiger charge is 2.36. The Morgan fingerprint density at radius 3 is 2.52 bits per heavy atom. The summed E-state index contributed by atoms with van der Waals surface area (Å²) in [5.41, 5.74) is 2.24. The van der Waals surface area contributed by atoms with Crippen molar-refractivity contribution in [1.82, 2.24) is 9.78 Å². The smallest absolute Gasteiger partial charge is 0.169 e. The van der Waals surface area contributed by atoms with E-state index in [9.17, 15) is 9.18 Å². The number of rotatable bonds is 2. The number of anilines is 1. The molecular formula is C16H18FN3O. The number of fused-ring (bicyclic) bond motifs is 1. The molecule has 21 heavy (non-hydrogen) atoms. The maximum Gasteiger partial charge on any atom is 0.169 e. The number of aromatic nitrogens is 2. The molecule has 0 bridgehead atoms. The van der Waals surface area contributed by atoms with E-state index in [1.807, 2.05) is 0 Å². The van der Waals surface area contributed by atoms with Crippen LogP contribution in [0.1, 0.15) is 36.3 Å². The summed E-state index contributed by atoms with van der Waals surface area (Å²) in [6.07, 6.45) is 1.28. The number of halogens is 1. The summed E-state index contributed by atoms with van der Waals surface area (Å²) in [6, 6.07) is 6.15. The number of nitrogens with zero attached hydrogens (tertiary/aromatic N) is 2. The highest BCUT2D eigenvalue weighted by molar-refractivity contribution is 6.03. The Morgan fingerprint density at radius 2 is 1.90 bits per heavy atom. The van der Waals surface area contributed by atoms with E-state index in [4.69, 9.17) is 0 Å². The van der Waals surface area contributed by atoms with Crippen LogP contribution in [0.15, 0.2) is 24.3 Å². The standard InChI is InChI=1S/C16H18FN3O/c1-16(2)8-12-14(13(21)9-16)15(18-3)19-20(12)11-6-4-10(17)5-7-11/h4-7H,8-9H2,1-3H3,(H,18,19). The van der Waals surface area contributed by atoms with Crippen molar-refractivity contribution in [3.8, 4) is 5.69 Å². The monoisotopic (exact) mass is 287 g/mol. The molecule has 0 unspecified atom stereocenters. The minimum atomic E-state index is -0.287. The SMILES string of the molecule is CNc1nn(-c2ccc(F)cc2)c2c1C(=O)CC(C)(C)C2. The van der Waals surface area contributed by atoms with Gasteiger partial charge < -0.3 is 5.32 Å². The van der Waals surface area contributed by atoms with E-state index in [2.05, 4.69) is 24.3 Å². The van der Waals surface area contributed by atoms with Gasteiger partial charge in [0.1, 0.15) is 5.82 Å². The molecule has 0 amide bonds. The molecule has 1 N–H and O–H groups in total. The van der Waals surface area contributed by atoms with Crippen LogP contribution in [0.5, 0.6) is 0 Å². The molecule has 4 nitrogen and oxygen atoms in total. The van der Waals surface area contributed by atoms with Gasteiger partial charge in [-0.25, -0.2) is 9.07 Å². The first-order chi connectivity index (χ1) is 9.91. The van der Waals surface area contributed by atoms with Crippen molar-refractivity contribution in [2.45, 2.75) is 26.7 Å². The van der Waals surface area contributed by atoms with Gasteiger partial charge in [0, 0.05) is 13.5 Å². The van der Waals surface area contributed by atoms with Crippen molar-refractivity contribution in [1.29, 1.82) is 0 Å². The van der Waals surface area contributed by atoms with Crippen LogP contribution in [0, 0.1) is 11.2 Å². The number of hydrogen-bond acceptors (Lipinski definition) is 3. The minimum Gasteiger partial charge on any atom is -0.371 e. The highest BCUT2D eigenvalue weighted by atomic mass is 19.1. The van der Waals surface area contributed by atoms with E-state index in [0.717, 1.165) is 17.8 Å². The summed E-state index contributed by atoms with van der Waals surface area (Å²) < 4.78 is 14.9. The van der Waals surface area contributed by atoms with Crippen molar-refractivity contribution in [2.24, 2.45) is 5.41 Å². The average Bonchev–Trinajstić information content (AvgIpc) is 2.77. The molecule has 0 saturated carbocycles. The lowest BCUT2D eigenvalue weighted by Crippen LogP contribution is -2.28. The molecule has 0 atom stereocenters. The Hall–Kier alpha value is -2.17. The fourth-order valence-corrected chi connectivity index (χ4v) is 2.92. The summed E-state index contributed by atoms with van der Waals surface area (Å²) in [5, 5.41) is 7.48. The van der Waals surface area contributed by atoms with Gasteiger partial charge in [0.25, 0.3) is 0 Å². The Labute approximate surface area is 123 Å². The van der Waals surface area contributed by atoms with Crippen LogP contribution in [0.25, 0.3) is 5.69 Å². The molecule has 110 valence electrons. The summed E-state index contributed by atoms with van der Waals surface area (Å²) in [5.74, 6) is 0.416. The lowest BCUT2D eigenvalue weighted by Gasteiger charge is -2.29. The fraction of sp³-hybridized carbons (Fsp3) is 0.375. The summed E-state index contributed by atoms with van der Waals surface area (Å²) in [4.78, 5) is 12.4. The van der Waals surface area contributed by atoms with Crippen molar-refractivity contribution in [3.05, 3.63) is 41.3 Å². The van der Waals surface area contributed by atoms with Crippen LogP contribution in [-0.4, -0.2) is 22.6 Å². The van der Waals surface area contributed by atoms with Gasteiger partial charge >= 0.3 is 0 Å². The molecule has 5 heteroatoms. The first kappa shape index (κ1) is 13.8. The zero-order chi connectivity index (χ0) is 15.2. The third-order valence-corrected chi connectivity index (χ3v) is 3.85. The van der Waals surface area contributed by atoms with E-state index in [0.29, 0.717) is 17.8 Å². The van der Waals surface area contributed by atoms with Gasteiger partial charge in [0.2, 0.25) is 0 Å². The van der Waals surface area contributed by atoms with Crippen molar-refractivity contribution in [3.63, 3.8) is 0 Å². The van der Waals surface area contributed by atoms with Gasteiger partial charge in [0.05, 0.1) is 16.9 Å². The maximum absolute atomic E-state index is 13.1. The van der Waals surface area contributed by atoms with Gasteiger partial charge in [-0.15, -0.1) is 5.10 Å². The summed E-state index contributed by atoms with van der Waals surface area (Å²) in [7, 11) is 1.75. The number of hydrogen-bond donors (Lipinski definition) is 1. The Bertz CT molecular complexity index is 701. The molecule has 1 aliphatic rings. The van der Waals surface area contributed by atoms with Gasteiger partial charge in [-0.1, -0.05) is 13.8 Å². The van der Waals surface area contributed by atoms with E-state index in [1.54, 1.807) is 23.9 Å². The van der Waals surface area contributed by atoms with Gasteiger partial charge in [0.15, 0.2) is 11.6 Å². The number of Topliss-reactive ketones (excluding diaryl/α,β-unsaturated/α-hetero) is 1. The van der Waals surface area contributed by atoms with Crippen LogP contribution < -0.4 is 5.32 Å². The number of ketones is 1. The molecular weight excluding hydrogens is 269 g/mol. The molecule has 2 aromatic rings. The molecule has 0 saturated heterocycles. The molecule has 3 rings (SSSR count). The van der Waals surface area contributed by atoms with E-state index in [1.165, 1.54) is 12.1 Å². The lowest BCUT2D eigenvalue weighted by atomic mass is 9.76. The van der Waals surface area contributed by atoms with Crippen LogP contribution in [0.3, 0.4) is 0 Å². The minimum absolute atomic E-state index is 0.0904. The molecule has 1 aromatic heterocycles. The Morgan fingerprint density at radius 1 is 1.24 bits per heavy atom. The fourth-order valence-electron chi connectivity index (χ4n) is 2.92. The van der Waals surface area contributed by atoms with Gasteiger partial charge in [-0.05, 0) is 36.1 Å². The maximum atomic E-state index is 13.1. The molecule has 1 aliphatic carbocycles. The average molecular weight is 287 g/mol. The van der Waals surface area contributed by atoms with E-state index < -0.39 is 0 Å². The first-order valence-corrected chi connectivity index (χ1v) is 7.00. The summed E-state index contributed by atoms with van der Waals surface area (Å²) >= 11 is 0. The second kappa shape index (κ2) is 4.69. The number of carbonyl (C=O) groups is 1. The van der Waals surface area contributed by atoms with Crippen LogP contribution in [0.4, 0.5) is 10.2 Å². The molecule has 1 aromatic carbocycles. The Kier molecular flexibility index (Phi) is 3.08. The quantitative estimate of drug-likeness (QED) is 0.922. The molecule has 0 spiro atoms. The zero-order valence-corrected chi connectivity index (χ0v) is 12.4. The topological polar surface area (TPSA) is 46.9 Å². The third-order valence-electron chi connectivity index (χ3n) is 3.85. The predicted octanol–water partition coefficient (Wildman–Crippen LogP) is 3.21. The molecule has 1 heterocycles. The number of benzene rings is 1. The second-order valence-corrected chi connectivity index (χ2v) is 6.25. The lowest BCUT2D eigenvalue weighted by molar-refractivity contribution is 0.0912. The van der Waals surface area contributed by atoms with Crippen molar-refractivity contribution >= 4 is 11.6 Å². The molecule has 0 radical (unpaired) electrons. The van der Waals surface area contributed by atoms with Crippen LogP contribution >= 0.6 is 0 Å². The normalized spacial score (nSPS) is 16.7. The van der Waals surface area contributed by atoms with E-state index in [-0.39, 0.29) is 17.0 Å². The van der Waals surface area contributed by atoms with Crippen molar-refractivity contribution in [2.75, 3.05) is 12.4 Å². The summed E-state index contributed by atoms with van der Waals surface area (Å²) in [6.45, 7) is 4.16. The van der Waals surface area contributed by atoms with E-state index >= 15 is 0 Å². The highest BCUT2D eigenvalue weighted by Crippen LogP contribution is 2.38. The number of carbonyl (C=O) groups excluding carboxylic acids is 1. The van der Waals surface area contributed by atoms with Crippen molar-refractivity contribution < 1.29 is 9.18 Å². The van der Waals surface area contributed by atoms with Crippen LogP contribution in [0.2, 0.25) is 0 Å². The largest absolute Gasteiger partial charge is 0.371 e. The predicted molar refractivity (Wildman–Crippen MR) is 79.5 cm³/mol. The van der Waals surface area contributed by atoms with Crippen LogP contribution in [-0.2, 0) is 6.42 Å². The third kappa shape index (κ3) is 2.33.